The summed E-state index contributed by atoms with van der Waals surface area (Å²) in [7, 11) is 0. The van der Waals surface area contributed by atoms with Crippen LogP contribution in [-0.2, 0) is 36.8 Å². The number of carboxylic acids is 2. The zero-order valence-corrected chi connectivity index (χ0v) is 23.1. The maximum atomic E-state index is 13.4. The second kappa shape index (κ2) is 16.0. The first-order valence-electron chi connectivity index (χ1n) is 13.3. The molecule has 12 nitrogen and oxygen atoms in total. The Kier molecular flexibility index (Phi) is 12.8. The number of benzene rings is 2. The molecule has 3 amide bonds. The van der Waals surface area contributed by atoms with E-state index in [-0.39, 0.29) is 43.8 Å². The van der Waals surface area contributed by atoms with Gasteiger partial charge in [0.15, 0.2) is 0 Å². The van der Waals surface area contributed by atoms with Gasteiger partial charge in [0.05, 0.1) is 6.04 Å². The van der Waals surface area contributed by atoms with E-state index in [0.717, 1.165) is 0 Å². The minimum atomic E-state index is -1.28. The van der Waals surface area contributed by atoms with E-state index in [1.165, 1.54) is 12.1 Å². The van der Waals surface area contributed by atoms with Crippen molar-refractivity contribution in [3.05, 3.63) is 65.7 Å². The molecule has 0 aliphatic carbocycles. The maximum Gasteiger partial charge on any atom is 0.326 e. The first kappa shape index (κ1) is 32.8. The Hall–Kier alpha value is -4.45. The van der Waals surface area contributed by atoms with Gasteiger partial charge in [-0.05, 0) is 42.0 Å². The van der Waals surface area contributed by atoms with Crippen LogP contribution in [0, 0.1) is 5.92 Å². The number of hydrogen-bond donors (Lipinski definition) is 7. The predicted molar refractivity (Wildman–Crippen MR) is 150 cm³/mol. The fourth-order valence-electron chi connectivity index (χ4n) is 4.06. The van der Waals surface area contributed by atoms with Gasteiger partial charge in [0.2, 0.25) is 17.7 Å². The van der Waals surface area contributed by atoms with Crippen molar-refractivity contribution in [2.45, 2.75) is 70.1 Å². The average Bonchev–Trinajstić information content (AvgIpc) is 2.91. The van der Waals surface area contributed by atoms with Crippen LogP contribution in [0.15, 0.2) is 54.6 Å². The van der Waals surface area contributed by atoms with E-state index < -0.39 is 53.8 Å². The Bertz CT molecular complexity index is 1190. The van der Waals surface area contributed by atoms with Gasteiger partial charge in [-0.2, -0.15) is 0 Å². The topological polar surface area (TPSA) is 208 Å². The smallest absolute Gasteiger partial charge is 0.326 e. The molecule has 0 bridgehead atoms. The number of phenolic OH excluding ortho intramolecular Hbond substituents is 1. The van der Waals surface area contributed by atoms with E-state index in [9.17, 15) is 34.2 Å². The molecule has 0 aromatic heterocycles. The third kappa shape index (κ3) is 11.7. The lowest BCUT2D eigenvalue weighted by molar-refractivity contribution is -0.142. The van der Waals surface area contributed by atoms with Crippen molar-refractivity contribution < 1.29 is 39.3 Å². The van der Waals surface area contributed by atoms with Gasteiger partial charge < -0.3 is 37.0 Å². The Balaban J connectivity index is 2.25. The zero-order chi connectivity index (χ0) is 30.5. The second-order valence-electron chi connectivity index (χ2n) is 10.3. The molecule has 2 rings (SSSR count). The molecule has 0 saturated heterocycles. The lowest BCUT2D eigenvalue weighted by Gasteiger charge is -2.26. The highest BCUT2D eigenvalue weighted by atomic mass is 16.4. The summed E-state index contributed by atoms with van der Waals surface area (Å²) in [6, 6.07) is 9.98. The second-order valence-corrected chi connectivity index (χ2v) is 10.3. The molecule has 222 valence electrons. The fourth-order valence-corrected chi connectivity index (χ4v) is 4.06. The van der Waals surface area contributed by atoms with Gasteiger partial charge in [-0.1, -0.05) is 56.3 Å². The minimum Gasteiger partial charge on any atom is -0.508 e. The fraction of sp³-hybridized carbons (Fsp3) is 0.414. The number of aliphatic carboxylic acids is 2. The number of nitrogens with one attached hydrogen (secondary N) is 3. The number of carboxylic acid groups (broad SMARTS) is 2. The number of carbonyl (C=O) groups is 5. The van der Waals surface area contributed by atoms with Crippen LogP contribution in [0.4, 0.5) is 0 Å². The van der Waals surface area contributed by atoms with Gasteiger partial charge in [0.25, 0.3) is 0 Å². The number of phenols is 1. The molecule has 4 atom stereocenters. The van der Waals surface area contributed by atoms with Crippen LogP contribution in [0.2, 0.25) is 0 Å². The van der Waals surface area contributed by atoms with Crippen molar-refractivity contribution in [2.75, 3.05) is 0 Å². The SMILES string of the molecule is CC(C)CC(NC(=O)C(N)CCC(=O)O)C(=O)NC(Cc1ccc(O)cc1)C(=O)NC(Cc1ccccc1)C(=O)O. The standard InChI is InChI=1S/C29H38N4O8/c1-17(2)14-22(31-26(37)21(30)12-13-25(35)36)27(38)32-23(15-19-8-10-20(34)11-9-19)28(39)33-24(29(40)41)16-18-6-4-3-5-7-18/h3-11,17,21-24,34H,12-16,30H2,1-2H3,(H,31,37)(H,32,38)(H,33,39)(H,35,36)(H,40,41). The monoisotopic (exact) mass is 570 g/mol. The van der Waals surface area contributed by atoms with Crippen molar-refractivity contribution >= 4 is 29.7 Å². The number of amides is 3. The first-order chi connectivity index (χ1) is 19.3. The average molecular weight is 571 g/mol. The van der Waals surface area contributed by atoms with Crippen LogP contribution in [0.1, 0.15) is 44.2 Å². The minimum absolute atomic E-state index is 0.00605. The summed E-state index contributed by atoms with van der Waals surface area (Å²) >= 11 is 0. The quantitative estimate of drug-likeness (QED) is 0.153. The van der Waals surface area contributed by atoms with Crippen molar-refractivity contribution in [3.8, 4) is 5.75 Å². The van der Waals surface area contributed by atoms with Crippen molar-refractivity contribution in [3.63, 3.8) is 0 Å². The summed E-state index contributed by atoms with van der Waals surface area (Å²) in [6.07, 6.45) is -0.264. The number of carbonyl (C=O) groups excluding carboxylic acids is 3. The largest absolute Gasteiger partial charge is 0.508 e. The highest BCUT2D eigenvalue weighted by molar-refractivity contribution is 5.94. The lowest BCUT2D eigenvalue weighted by atomic mass is 10.00. The Morgan fingerprint density at radius 1 is 0.732 bits per heavy atom. The molecule has 0 aliphatic heterocycles. The Morgan fingerprint density at radius 2 is 1.24 bits per heavy atom. The molecule has 8 N–H and O–H groups in total. The third-order valence-electron chi connectivity index (χ3n) is 6.25. The zero-order valence-electron chi connectivity index (χ0n) is 23.1. The number of nitrogens with two attached hydrogens (primary N) is 1. The summed E-state index contributed by atoms with van der Waals surface area (Å²) in [5, 5.41) is 35.9. The number of aromatic hydroxyl groups is 1. The molecule has 41 heavy (non-hydrogen) atoms. The van der Waals surface area contributed by atoms with Gasteiger partial charge >= 0.3 is 11.9 Å². The Labute approximate surface area is 238 Å². The first-order valence-corrected chi connectivity index (χ1v) is 13.3. The van der Waals surface area contributed by atoms with Crippen LogP contribution < -0.4 is 21.7 Å². The number of hydrogen-bond acceptors (Lipinski definition) is 7. The molecule has 0 radical (unpaired) electrons. The van der Waals surface area contributed by atoms with Crippen molar-refractivity contribution in [1.82, 2.24) is 16.0 Å². The highest BCUT2D eigenvalue weighted by Crippen LogP contribution is 2.13. The molecule has 0 aliphatic rings. The van der Waals surface area contributed by atoms with Gasteiger partial charge in [-0.15, -0.1) is 0 Å². The van der Waals surface area contributed by atoms with Crippen LogP contribution >= 0.6 is 0 Å². The molecule has 0 saturated carbocycles. The molecule has 2 aromatic carbocycles. The van der Waals surface area contributed by atoms with Crippen molar-refractivity contribution in [2.24, 2.45) is 11.7 Å². The van der Waals surface area contributed by atoms with Crippen LogP contribution in [0.25, 0.3) is 0 Å². The predicted octanol–water partition coefficient (Wildman–Crippen LogP) is 0.955. The summed E-state index contributed by atoms with van der Waals surface area (Å²) in [5.41, 5.74) is 7.08. The molecular weight excluding hydrogens is 532 g/mol. The molecule has 0 heterocycles. The van der Waals surface area contributed by atoms with Crippen LogP contribution in [0.5, 0.6) is 5.75 Å². The van der Waals surface area contributed by atoms with E-state index >= 15 is 0 Å². The van der Waals surface area contributed by atoms with Crippen LogP contribution in [-0.4, -0.2) is 69.1 Å². The van der Waals surface area contributed by atoms with E-state index in [1.807, 2.05) is 13.8 Å². The molecule has 0 fully saturated rings. The normalized spacial score (nSPS) is 13.9. The lowest BCUT2D eigenvalue weighted by Crippen LogP contribution is -2.58. The Morgan fingerprint density at radius 3 is 1.80 bits per heavy atom. The van der Waals surface area contributed by atoms with Gasteiger partial charge in [-0.3, -0.25) is 19.2 Å². The molecule has 4 unspecified atom stereocenters. The maximum absolute atomic E-state index is 13.4. The van der Waals surface area contributed by atoms with E-state index in [1.54, 1.807) is 42.5 Å². The van der Waals surface area contributed by atoms with Gasteiger partial charge in [-0.25, -0.2) is 4.79 Å². The van der Waals surface area contributed by atoms with Crippen molar-refractivity contribution in [1.29, 1.82) is 0 Å². The van der Waals surface area contributed by atoms with Gasteiger partial charge in [0, 0.05) is 19.3 Å². The molecule has 2 aromatic rings. The van der Waals surface area contributed by atoms with E-state index in [0.29, 0.717) is 11.1 Å². The molecule has 0 spiro atoms. The van der Waals surface area contributed by atoms with E-state index in [4.69, 9.17) is 10.8 Å². The summed E-state index contributed by atoms with van der Waals surface area (Å²) in [4.78, 5) is 62.2. The van der Waals surface area contributed by atoms with Crippen LogP contribution in [0.3, 0.4) is 0 Å². The number of rotatable bonds is 16. The van der Waals surface area contributed by atoms with Gasteiger partial charge in [0.1, 0.15) is 23.9 Å². The molecular formula is C29H38N4O8. The van der Waals surface area contributed by atoms with E-state index in [2.05, 4.69) is 16.0 Å². The third-order valence-corrected chi connectivity index (χ3v) is 6.25. The summed E-state index contributed by atoms with van der Waals surface area (Å²) in [5.74, 6) is -4.55. The highest BCUT2D eigenvalue weighted by Gasteiger charge is 2.31. The molecule has 12 heteroatoms. The summed E-state index contributed by atoms with van der Waals surface area (Å²) in [6.45, 7) is 3.66. The summed E-state index contributed by atoms with van der Waals surface area (Å²) < 4.78 is 0.